The fourth-order valence-corrected chi connectivity index (χ4v) is 2.88. The summed E-state index contributed by atoms with van der Waals surface area (Å²) in [6.45, 7) is 5.37. The van der Waals surface area contributed by atoms with Gasteiger partial charge in [0.25, 0.3) is 0 Å². The molecule has 0 spiro atoms. The smallest absolute Gasteiger partial charge is 0.162 e. The van der Waals surface area contributed by atoms with Gasteiger partial charge in [0.15, 0.2) is 5.82 Å². The predicted molar refractivity (Wildman–Crippen MR) is 99.6 cm³/mol. The highest BCUT2D eigenvalue weighted by atomic mass is 16.5. The summed E-state index contributed by atoms with van der Waals surface area (Å²) in [5.74, 6) is 3.05. The highest BCUT2D eigenvalue weighted by Gasteiger charge is 2.14. The SMILES string of the molecule is COc1cccc(-c2nc(N(C)CC(C)C)c3ccccc3n2)c1. The van der Waals surface area contributed by atoms with Gasteiger partial charge in [-0.3, -0.25) is 0 Å². The van der Waals surface area contributed by atoms with Crippen molar-refractivity contribution in [2.75, 3.05) is 25.6 Å². The van der Waals surface area contributed by atoms with Gasteiger partial charge in [-0.05, 0) is 30.2 Å². The van der Waals surface area contributed by atoms with Crippen LogP contribution in [0.2, 0.25) is 0 Å². The third-order valence-corrected chi connectivity index (χ3v) is 3.91. The molecule has 0 atom stereocenters. The predicted octanol–water partition coefficient (Wildman–Crippen LogP) is 4.40. The van der Waals surface area contributed by atoms with Crippen molar-refractivity contribution in [2.24, 2.45) is 5.92 Å². The van der Waals surface area contributed by atoms with Crippen LogP contribution in [0.1, 0.15) is 13.8 Å². The molecule has 0 aliphatic carbocycles. The summed E-state index contributed by atoms with van der Waals surface area (Å²) in [4.78, 5) is 11.8. The summed E-state index contributed by atoms with van der Waals surface area (Å²) in [6, 6.07) is 16.0. The number of methoxy groups -OCH3 is 1. The third-order valence-electron chi connectivity index (χ3n) is 3.91. The Bertz CT molecular complexity index is 845. The first-order valence-electron chi connectivity index (χ1n) is 8.21. The number of benzene rings is 2. The molecule has 4 heteroatoms. The number of hydrogen-bond acceptors (Lipinski definition) is 4. The van der Waals surface area contributed by atoms with Crippen molar-refractivity contribution < 1.29 is 4.74 Å². The maximum atomic E-state index is 5.33. The third kappa shape index (κ3) is 3.32. The van der Waals surface area contributed by atoms with Gasteiger partial charge in [0, 0.05) is 24.5 Å². The van der Waals surface area contributed by atoms with E-state index in [2.05, 4.69) is 31.9 Å². The van der Waals surface area contributed by atoms with E-state index >= 15 is 0 Å². The van der Waals surface area contributed by atoms with Crippen molar-refractivity contribution in [1.82, 2.24) is 9.97 Å². The lowest BCUT2D eigenvalue weighted by molar-refractivity contribution is 0.415. The van der Waals surface area contributed by atoms with Crippen LogP contribution in [0.25, 0.3) is 22.3 Å². The standard InChI is InChI=1S/C20H23N3O/c1-14(2)13-23(3)20-17-10-5-6-11-18(17)21-19(22-20)15-8-7-9-16(12-15)24-4/h5-12,14H,13H2,1-4H3. The van der Waals surface area contributed by atoms with Gasteiger partial charge in [-0.1, -0.05) is 38.1 Å². The molecule has 0 saturated carbocycles. The lowest BCUT2D eigenvalue weighted by Crippen LogP contribution is -2.24. The van der Waals surface area contributed by atoms with Crippen LogP contribution in [-0.2, 0) is 0 Å². The Morgan fingerprint density at radius 1 is 1.04 bits per heavy atom. The van der Waals surface area contributed by atoms with Crippen LogP contribution in [0.4, 0.5) is 5.82 Å². The number of para-hydroxylation sites is 1. The normalized spacial score (nSPS) is 11.0. The van der Waals surface area contributed by atoms with Crippen molar-refractivity contribution in [3.8, 4) is 17.1 Å². The molecule has 0 amide bonds. The molecule has 0 N–H and O–H groups in total. The first-order valence-corrected chi connectivity index (χ1v) is 8.21. The van der Waals surface area contributed by atoms with Gasteiger partial charge in [0.1, 0.15) is 11.6 Å². The van der Waals surface area contributed by atoms with Crippen LogP contribution >= 0.6 is 0 Å². The Morgan fingerprint density at radius 2 is 1.83 bits per heavy atom. The lowest BCUT2D eigenvalue weighted by atomic mass is 10.1. The van der Waals surface area contributed by atoms with Crippen LogP contribution in [0, 0.1) is 5.92 Å². The minimum Gasteiger partial charge on any atom is -0.497 e. The topological polar surface area (TPSA) is 38.2 Å². The summed E-state index contributed by atoms with van der Waals surface area (Å²) in [7, 11) is 3.76. The van der Waals surface area contributed by atoms with E-state index in [-0.39, 0.29) is 0 Å². The first-order chi connectivity index (χ1) is 11.6. The molecule has 0 radical (unpaired) electrons. The molecular formula is C20H23N3O. The van der Waals surface area contributed by atoms with Gasteiger partial charge in [-0.15, -0.1) is 0 Å². The Hall–Kier alpha value is -2.62. The molecular weight excluding hydrogens is 298 g/mol. The Morgan fingerprint density at radius 3 is 2.58 bits per heavy atom. The van der Waals surface area contributed by atoms with E-state index in [0.717, 1.165) is 40.4 Å². The fraction of sp³-hybridized carbons (Fsp3) is 0.300. The molecule has 24 heavy (non-hydrogen) atoms. The zero-order valence-corrected chi connectivity index (χ0v) is 14.7. The van der Waals surface area contributed by atoms with Crippen molar-refractivity contribution >= 4 is 16.7 Å². The number of nitrogens with zero attached hydrogens (tertiary/aromatic N) is 3. The van der Waals surface area contributed by atoms with E-state index in [4.69, 9.17) is 14.7 Å². The van der Waals surface area contributed by atoms with Gasteiger partial charge in [0.05, 0.1) is 12.6 Å². The second-order valence-corrected chi connectivity index (χ2v) is 6.39. The van der Waals surface area contributed by atoms with E-state index < -0.39 is 0 Å². The molecule has 124 valence electrons. The molecule has 0 aliphatic heterocycles. The summed E-state index contributed by atoms with van der Waals surface area (Å²) < 4.78 is 5.33. The van der Waals surface area contributed by atoms with Crippen molar-refractivity contribution in [3.05, 3.63) is 48.5 Å². The van der Waals surface area contributed by atoms with Gasteiger partial charge in [-0.2, -0.15) is 0 Å². The molecule has 3 rings (SSSR count). The maximum Gasteiger partial charge on any atom is 0.162 e. The van der Waals surface area contributed by atoms with Gasteiger partial charge in [0.2, 0.25) is 0 Å². The Kier molecular flexibility index (Phi) is 4.65. The minimum atomic E-state index is 0.559. The quantitative estimate of drug-likeness (QED) is 0.698. The highest BCUT2D eigenvalue weighted by Crippen LogP contribution is 2.28. The molecule has 0 fully saturated rings. The Labute approximate surface area is 143 Å². The molecule has 0 unspecified atom stereocenters. The maximum absolute atomic E-state index is 5.33. The molecule has 0 aliphatic rings. The van der Waals surface area contributed by atoms with Crippen molar-refractivity contribution in [1.29, 1.82) is 0 Å². The van der Waals surface area contributed by atoms with Crippen LogP contribution in [0.3, 0.4) is 0 Å². The van der Waals surface area contributed by atoms with E-state index in [0.29, 0.717) is 5.92 Å². The van der Waals surface area contributed by atoms with E-state index in [1.54, 1.807) is 7.11 Å². The van der Waals surface area contributed by atoms with Crippen molar-refractivity contribution in [2.45, 2.75) is 13.8 Å². The molecule has 3 aromatic rings. The zero-order valence-electron chi connectivity index (χ0n) is 14.7. The Balaban J connectivity index is 2.15. The minimum absolute atomic E-state index is 0.559. The first kappa shape index (κ1) is 16.2. The summed E-state index contributed by atoms with van der Waals surface area (Å²) in [6.07, 6.45) is 0. The van der Waals surface area contributed by atoms with Gasteiger partial charge >= 0.3 is 0 Å². The number of anilines is 1. The highest BCUT2D eigenvalue weighted by molar-refractivity contribution is 5.91. The van der Waals surface area contributed by atoms with Crippen molar-refractivity contribution in [3.63, 3.8) is 0 Å². The number of ether oxygens (including phenoxy) is 1. The van der Waals surface area contributed by atoms with E-state index in [1.807, 2.05) is 42.5 Å². The molecule has 0 saturated heterocycles. The average molecular weight is 321 g/mol. The van der Waals surface area contributed by atoms with Crippen LogP contribution < -0.4 is 9.64 Å². The van der Waals surface area contributed by atoms with Crippen LogP contribution in [-0.4, -0.2) is 30.7 Å². The summed E-state index contributed by atoms with van der Waals surface area (Å²) in [5.41, 5.74) is 1.91. The fourth-order valence-electron chi connectivity index (χ4n) is 2.88. The number of fused-ring (bicyclic) bond motifs is 1. The summed E-state index contributed by atoms with van der Waals surface area (Å²) >= 11 is 0. The second kappa shape index (κ2) is 6.87. The lowest BCUT2D eigenvalue weighted by Gasteiger charge is -2.22. The number of rotatable bonds is 5. The van der Waals surface area contributed by atoms with Crippen LogP contribution in [0.5, 0.6) is 5.75 Å². The van der Waals surface area contributed by atoms with Gasteiger partial charge < -0.3 is 9.64 Å². The largest absolute Gasteiger partial charge is 0.497 e. The van der Waals surface area contributed by atoms with Crippen LogP contribution in [0.15, 0.2) is 48.5 Å². The molecule has 4 nitrogen and oxygen atoms in total. The second-order valence-electron chi connectivity index (χ2n) is 6.39. The molecule has 2 aromatic carbocycles. The molecule has 1 heterocycles. The number of hydrogen-bond donors (Lipinski definition) is 0. The van der Waals surface area contributed by atoms with E-state index in [1.165, 1.54) is 0 Å². The zero-order chi connectivity index (χ0) is 17.1. The number of aromatic nitrogens is 2. The van der Waals surface area contributed by atoms with Gasteiger partial charge in [-0.25, -0.2) is 9.97 Å². The molecule has 1 aromatic heterocycles. The average Bonchev–Trinajstić information content (AvgIpc) is 2.60. The summed E-state index contributed by atoms with van der Waals surface area (Å²) in [5, 5.41) is 1.08. The monoisotopic (exact) mass is 321 g/mol. The van der Waals surface area contributed by atoms with E-state index in [9.17, 15) is 0 Å². The molecule has 0 bridgehead atoms.